The van der Waals surface area contributed by atoms with Crippen molar-refractivity contribution in [1.82, 2.24) is 29.3 Å². The van der Waals surface area contributed by atoms with E-state index in [0.29, 0.717) is 30.4 Å². The van der Waals surface area contributed by atoms with Crippen molar-refractivity contribution in [3.63, 3.8) is 0 Å². The fourth-order valence-electron chi connectivity index (χ4n) is 8.79. The van der Waals surface area contributed by atoms with Crippen molar-refractivity contribution in [3.8, 4) is 11.1 Å². The molecule has 2 aliphatic heterocycles. The Morgan fingerprint density at radius 3 is 2.38 bits per heavy atom. The molecule has 4 aromatic rings. The normalized spacial score (nSPS) is 17.1. The van der Waals surface area contributed by atoms with E-state index in [2.05, 4.69) is 20.5 Å². The topological polar surface area (TPSA) is 117 Å². The maximum atomic E-state index is 15.7. The number of carboxylic acid groups (broad SMARTS) is 1. The van der Waals surface area contributed by atoms with Crippen molar-refractivity contribution in [2.45, 2.75) is 91.1 Å². The number of rotatable bonds is 12. The summed E-state index contributed by atoms with van der Waals surface area (Å²) in [5.41, 5.74) is 8.79. The Kier molecular flexibility index (Phi) is 10.7. The van der Waals surface area contributed by atoms with E-state index in [0.717, 1.165) is 134 Å². The maximum absolute atomic E-state index is 15.7. The van der Waals surface area contributed by atoms with Crippen LogP contribution in [0.1, 0.15) is 107 Å². The molecular formula is C42H52FN7O3. The summed E-state index contributed by atoms with van der Waals surface area (Å²) < 4.78 is 19.5. The van der Waals surface area contributed by atoms with Crippen LogP contribution in [-0.4, -0.2) is 60.6 Å². The third-order valence-electron chi connectivity index (χ3n) is 12.1. The highest BCUT2D eigenvalue weighted by atomic mass is 19.1. The zero-order valence-electron chi connectivity index (χ0n) is 31.5. The smallest absolute Gasteiger partial charge is 0.309 e. The number of aromatic nitrogens is 4. The molecule has 280 valence electrons. The van der Waals surface area contributed by atoms with Crippen molar-refractivity contribution in [1.29, 1.82) is 0 Å². The van der Waals surface area contributed by atoms with Gasteiger partial charge in [-0.3, -0.25) is 14.5 Å². The number of nitrogens with zero attached hydrogens (tertiary/aromatic N) is 5. The molecule has 0 saturated heterocycles. The van der Waals surface area contributed by atoms with Crippen molar-refractivity contribution >= 4 is 29.5 Å². The van der Waals surface area contributed by atoms with Gasteiger partial charge in [0.1, 0.15) is 0 Å². The SMILES string of the molecule is Cc1c(/C=C(\F)c2nc3c(n2C)CCNC3)cccc1-c1cccc(NC(=O)c2nc3c(n2C)CCN(CCCCCC2(C(=O)O)CCCC2)C3)c1C. The van der Waals surface area contributed by atoms with E-state index >= 15 is 4.39 Å². The fourth-order valence-corrected chi connectivity index (χ4v) is 8.79. The van der Waals surface area contributed by atoms with E-state index in [1.165, 1.54) is 0 Å². The predicted molar refractivity (Wildman–Crippen MR) is 206 cm³/mol. The van der Waals surface area contributed by atoms with Crippen molar-refractivity contribution in [2.75, 3.05) is 25.0 Å². The minimum atomic E-state index is -0.615. The lowest BCUT2D eigenvalue weighted by Crippen LogP contribution is -2.32. The van der Waals surface area contributed by atoms with Gasteiger partial charge < -0.3 is 24.9 Å². The van der Waals surface area contributed by atoms with Crippen LogP contribution in [0.4, 0.5) is 10.1 Å². The average Bonchev–Trinajstić information content (AvgIpc) is 3.86. The number of unbranched alkanes of at least 4 members (excludes halogenated alkanes) is 2. The van der Waals surface area contributed by atoms with Crippen molar-refractivity contribution in [3.05, 3.63) is 87.5 Å². The monoisotopic (exact) mass is 721 g/mol. The summed E-state index contributed by atoms with van der Waals surface area (Å²) in [7, 11) is 3.79. The van der Waals surface area contributed by atoms with Gasteiger partial charge in [-0.1, -0.05) is 56.0 Å². The summed E-state index contributed by atoms with van der Waals surface area (Å²) in [5, 5.41) is 16.2. The molecule has 0 unspecified atom stereocenters. The van der Waals surface area contributed by atoms with Gasteiger partial charge in [-0.15, -0.1) is 0 Å². The zero-order valence-corrected chi connectivity index (χ0v) is 31.5. The highest BCUT2D eigenvalue weighted by molar-refractivity contribution is 6.03. The predicted octanol–water partition coefficient (Wildman–Crippen LogP) is 7.37. The lowest BCUT2D eigenvalue weighted by molar-refractivity contribution is -0.149. The second-order valence-electron chi connectivity index (χ2n) is 15.3. The van der Waals surface area contributed by atoms with Gasteiger partial charge in [-0.2, -0.15) is 0 Å². The van der Waals surface area contributed by atoms with Gasteiger partial charge in [0.25, 0.3) is 5.91 Å². The van der Waals surface area contributed by atoms with Gasteiger partial charge >= 0.3 is 5.97 Å². The van der Waals surface area contributed by atoms with E-state index in [-0.39, 0.29) is 11.7 Å². The van der Waals surface area contributed by atoms with Crippen LogP contribution in [0.2, 0.25) is 0 Å². The van der Waals surface area contributed by atoms with E-state index in [4.69, 9.17) is 4.98 Å². The highest BCUT2D eigenvalue weighted by Gasteiger charge is 2.40. The Morgan fingerprint density at radius 1 is 0.925 bits per heavy atom. The summed E-state index contributed by atoms with van der Waals surface area (Å²) in [6, 6.07) is 11.8. The van der Waals surface area contributed by atoms with Crippen LogP contribution in [0.3, 0.4) is 0 Å². The van der Waals surface area contributed by atoms with Crippen LogP contribution in [0.25, 0.3) is 23.0 Å². The Bertz CT molecular complexity index is 2060. The quantitative estimate of drug-likeness (QED) is 0.131. The van der Waals surface area contributed by atoms with Gasteiger partial charge in [-0.05, 0) is 86.0 Å². The first-order chi connectivity index (χ1) is 25.6. The second-order valence-corrected chi connectivity index (χ2v) is 15.3. The molecule has 3 N–H and O–H groups in total. The fraction of sp³-hybridized carbons (Fsp3) is 0.476. The van der Waals surface area contributed by atoms with Gasteiger partial charge in [0.05, 0.1) is 16.8 Å². The molecule has 2 aromatic heterocycles. The van der Waals surface area contributed by atoms with E-state index in [9.17, 15) is 14.7 Å². The van der Waals surface area contributed by atoms with Crippen LogP contribution in [-0.2, 0) is 44.8 Å². The number of carbonyl (C=O) groups is 2. The maximum Gasteiger partial charge on any atom is 0.309 e. The number of hydrogen-bond acceptors (Lipinski definition) is 6. The lowest BCUT2D eigenvalue weighted by atomic mass is 9.81. The zero-order chi connectivity index (χ0) is 37.3. The molecule has 0 atom stereocenters. The first-order valence-corrected chi connectivity index (χ1v) is 19.2. The molecule has 0 bridgehead atoms. The summed E-state index contributed by atoms with van der Waals surface area (Å²) >= 11 is 0. The molecule has 1 amide bonds. The molecule has 4 heterocycles. The number of carboxylic acids is 1. The minimum Gasteiger partial charge on any atom is -0.481 e. The number of fused-ring (bicyclic) bond motifs is 2. The third kappa shape index (κ3) is 7.33. The molecule has 53 heavy (non-hydrogen) atoms. The molecule has 3 aliphatic rings. The first kappa shape index (κ1) is 36.7. The molecule has 1 aliphatic carbocycles. The Morgan fingerprint density at radius 2 is 1.62 bits per heavy atom. The van der Waals surface area contributed by atoms with E-state index in [1.807, 2.05) is 73.5 Å². The number of nitrogens with one attached hydrogen (secondary N) is 2. The highest BCUT2D eigenvalue weighted by Crippen LogP contribution is 2.42. The van der Waals surface area contributed by atoms with Gasteiger partial charge in [-0.25, -0.2) is 14.4 Å². The number of carbonyl (C=O) groups excluding carboxylic acids is 1. The summed E-state index contributed by atoms with van der Waals surface area (Å²) in [5.74, 6) is -0.504. The minimum absolute atomic E-state index is 0.253. The number of benzene rings is 2. The van der Waals surface area contributed by atoms with Crippen LogP contribution in [0.15, 0.2) is 36.4 Å². The van der Waals surface area contributed by atoms with Gasteiger partial charge in [0.15, 0.2) is 17.5 Å². The standard InChI is InChI=1S/C42H52FN7O3/c1-27-29(24-32(43)38-45-34-25-44-21-16-36(34)48(38)3)12-10-13-30(27)31-14-11-15-33(28(31)2)47-40(51)39-46-35-26-50(23-17-37(35)49(39)4)22-9-5-6-18-42(41(52)53)19-7-8-20-42/h10-15,24,44H,5-9,16-23,25-26H2,1-4H3,(H,47,51)(H,52,53)/b32-24-. The van der Waals surface area contributed by atoms with Crippen LogP contribution >= 0.6 is 0 Å². The molecule has 11 heteroatoms. The Hall–Kier alpha value is -4.61. The molecule has 0 radical (unpaired) electrons. The van der Waals surface area contributed by atoms with Gasteiger partial charge in [0, 0.05) is 70.2 Å². The molecule has 2 aromatic carbocycles. The molecule has 10 nitrogen and oxygen atoms in total. The van der Waals surface area contributed by atoms with Gasteiger partial charge in [0.2, 0.25) is 0 Å². The number of hydrogen-bond donors (Lipinski definition) is 3. The van der Waals surface area contributed by atoms with Crippen LogP contribution in [0.5, 0.6) is 0 Å². The molecule has 0 spiro atoms. The number of aliphatic carboxylic acids is 1. The van der Waals surface area contributed by atoms with Crippen LogP contribution in [0, 0.1) is 19.3 Å². The van der Waals surface area contributed by atoms with E-state index < -0.39 is 11.4 Å². The first-order valence-electron chi connectivity index (χ1n) is 19.2. The molecular weight excluding hydrogens is 670 g/mol. The Labute approximate surface area is 311 Å². The number of anilines is 1. The largest absolute Gasteiger partial charge is 0.481 e. The number of halogens is 1. The summed E-state index contributed by atoms with van der Waals surface area (Å²) in [4.78, 5) is 37.4. The third-order valence-corrected chi connectivity index (χ3v) is 12.1. The molecule has 1 fully saturated rings. The van der Waals surface area contributed by atoms with Crippen LogP contribution < -0.4 is 10.6 Å². The summed E-state index contributed by atoms with van der Waals surface area (Å²) in [6.07, 6.45) is 10.7. The second kappa shape index (κ2) is 15.4. The number of imidazole rings is 2. The van der Waals surface area contributed by atoms with Crippen molar-refractivity contribution in [2.24, 2.45) is 19.5 Å². The lowest BCUT2D eigenvalue weighted by Gasteiger charge is -2.27. The van der Waals surface area contributed by atoms with E-state index in [1.54, 1.807) is 6.08 Å². The molecule has 7 rings (SSSR count). The molecule has 1 saturated carbocycles. The number of amides is 1. The van der Waals surface area contributed by atoms with Crippen molar-refractivity contribution < 1.29 is 19.1 Å². The average molecular weight is 722 g/mol. The summed E-state index contributed by atoms with van der Waals surface area (Å²) in [6.45, 7) is 8.06. The Balaban J connectivity index is 1.01.